The summed E-state index contributed by atoms with van der Waals surface area (Å²) in [4.78, 5) is 72.0. The van der Waals surface area contributed by atoms with Crippen molar-refractivity contribution in [3.8, 4) is 0 Å². The number of hydrogen-bond donors (Lipinski definition) is 3. The summed E-state index contributed by atoms with van der Waals surface area (Å²) >= 11 is 0. The highest BCUT2D eigenvalue weighted by Crippen LogP contribution is 2.45. The summed E-state index contributed by atoms with van der Waals surface area (Å²) in [5.74, 6) is -0.585. The Balaban J connectivity index is 5.16. The normalized spacial score (nSPS) is 14.3. The number of phosphoric acid groups is 2. The monoisotopic (exact) mass is 1240 g/mol. The van der Waals surface area contributed by atoms with Crippen molar-refractivity contribution in [3.63, 3.8) is 0 Å². The second-order valence-corrected chi connectivity index (χ2v) is 27.4. The SMILES string of the molecule is CCCCCCCCCCCC(=O)O[C@H](COC(=O)CCCCCCC)COP(=O)(O)OC[C@H](O)COP(=O)(O)OC[C@@H](COC(=O)CCCCCCCCCCCCCCC(C)C)OC(=O)CCCCCCCCCCCCCCC(C)C. The van der Waals surface area contributed by atoms with Gasteiger partial charge in [0.2, 0.25) is 0 Å². The van der Waals surface area contributed by atoms with Gasteiger partial charge in [-0.1, -0.05) is 273 Å². The van der Waals surface area contributed by atoms with Crippen molar-refractivity contribution in [1.29, 1.82) is 0 Å². The molecule has 17 nitrogen and oxygen atoms in total. The Hall–Kier alpha value is -1.94. The van der Waals surface area contributed by atoms with Gasteiger partial charge in [0.05, 0.1) is 26.4 Å². The Labute approximate surface area is 511 Å². The lowest BCUT2D eigenvalue weighted by Gasteiger charge is -2.21. The fourth-order valence-electron chi connectivity index (χ4n) is 9.71. The number of aliphatic hydroxyl groups is 1. The van der Waals surface area contributed by atoms with E-state index in [0.29, 0.717) is 25.7 Å². The minimum absolute atomic E-state index is 0.105. The average molecular weight is 1240 g/mol. The molecule has 0 radical (unpaired) electrons. The van der Waals surface area contributed by atoms with Gasteiger partial charge in [-0.3, -0.25) is 37.3 Å². The summed E-state index contributed by atoms with van der Waals surface area (Å²) in [7, 11) is -9.88. The first-order valence-electron chi connectivity index (χ1n) is 34.0. The Morgan fingerprint density at radius 1 is 0.321 bits per heavy atom. The van der Waals surface area contributed by atoms with Crippen molar-refractivity contribution in [1.82, 2.24) is 0 Å². The predicted molar refractivity (Wildman–Crippen MR) is 335 cm³/mol. The maximum Gasteiger partial charge on any atom is 0.472 e. The van der Waals surface area contributed by atoms with Gasteiger partial charge in [-0.2, -0.15) is 0 Å². The maximum absolute atomic E-state index is 13.0. The van der Waals surface area contributed by atoms with E-state index >= 15 is 0 Å². The van der Waals surface area contributed by atoms with Crippen molar-refractivity contribution < 1.29 is 80.2 Å². The van der Waals surface area contributed by atoms with Gasteiger partial charge in [0.1, 0.15) is 19.3 Å². The first kappa shape index (κ1) is 82.1. The van der Waals surface area contributed by atoms with Crippen LogP contribution in [0.1, 0.15) is 324 Å². The van der Waals surface area contributed by atoms with Crippen LogP contribution in [-0.2, 0) is 65.4 Å². The highest BCUT2D eigenvalue weighted by molar-refractivity contribution is 7.47. The van der Waals surface area contributed by atoms with E-state index in [0.717, 1.165) is 108 Å². The Morgan fingerprint density at radius 3 is 0.810 bits per heavy atom. The summed E-state index contributed by atoms with van der Waals surface area (Å²) in [5.41, 5.74) is 0. The zero-order valence-electron chi connectivity index (χ0n) is 54.2. The zero-order chi connectivity index (χ0) is 62.2. The van der Waals surface area contributed by atoms with Gasteiger partial charge in [-0.15, -0.1) is 0 Å². The molecule has 498 valence electrons. The number of unbranched alkanes of at least 4 members (excludes halogenated alkanes) is 34. The molecular formula is C65H126O17P2. The smallest absolute Gasteiger partial charge is 0.462 e. The molecule has 0 heterocycles. The van der Waals surface area contributed by atoms with Crippen LogP contribution in [-0.4, -0.2) is 96.7 Å². The summed E-state index contributed by atoms with van der Waals surface area (Å²) in [6.45, 7) is 9.43. The third kappa shape index (κ3) is 59.0. The van der Waals surface area contributed by atoms with Crippen molar-refractivity contribution >= 4 is 39.5 Å². The highest BCUT2D eigenvalue weighted by atomic mass is 31.2. The number of phosphoric ester groups is 2. The van der Waals surface area contributed by atoms with Gasteiger partial charge in [0.25, 0.3) is 0 Å². The van der Waals surface area contributed by atoms with Gasteiger partial charge < -0.3 is 33.8 Å². The van der Waals surface area contributed by atoms with Crippen LogP contribution >= 0.6 is 15.6 Å². The number of ether oxygens (including phenoxy) is 4. The van der Waals surface area contributed by atoms with Crippen LogP contribution < -0.4 is 0 Å². The van der Waals surface area contributed by atoms with E-state index in [1.165, 1.54) is 135 Å². The summed E-state index contributed by atoms with van der Waals surface area (Å²) in [6, 6.07) is 0. The lowest BCUT2D eigenvalue weighted by molar-refractivity contribution is -0.161. The summed E-state index contributed by atoms with van der Waals surface area (Å²) < 4.78 is 67.8. The first-order valence-corrected chi connectivity index (χ1v) is 37.0. The molecule has 0 spiro atoms. The molecule has 0 aromatic carbocycles. The first-order chi connectivity index (χ1) is 40.4. The van der Waals surface area contributed by atoms with Crippen molar-refractivity contribution in [2.24, 2.45) is 11.8 Å². The lowest BCUT2D eigenvalue weighted by Crippen LogP contribution is -2.30. The second kappa shape index (κ2) is 57.5. The third-order valence-electron chi connectivity index (χ3n) is 15.0. The van der Waals surface area contributed by atoms with E-state index in [-0.39, 0.29) is 25.7 Å². The highest BCUT2D eigenvalue weighted by Gasteiger charge is 2.30. The molecule has 0 saturated carbocycles. The number of aliphatic hydroxyl groups excluding tert-OH is 1. The predicted octanol–water partition coefficient (Wildman–Crippen LogP) is 18.0. The Bertz CT molecular complexity index is 1650. The molecule has 0 amide bonds. The molecule has 84 heavy (non-hydrogen) atoms. The molecule has 0 rings (SSSR count). The van der Waals surface area contributed by atoms with Crippen LogP contribution in [0.5, 0.6) is 0 Å². The third-order valence-corrected chi connectivity index (χ3v) is 16.9. The van der Waals surface area contributed by atoms with Crippen LogP contribution in [0.2, 0.25) is 0 Å². The molecule has 0 saturated heterocycles. The van der Waals surface area contributed by atoms with Gasteiger partial charge >= 0.3 is 39.5 Å². The maximum atomic E-state index is 13.0. The van der Waals surface area contributed by atoms with E-state index in [9.17, 15) is 43.2 Å². The van der Waals surface area contributed by atoms with Crippen molar-refractivity contribution in [2.45, 2.75) is 342 Å². The standard InChI is InChI=1S/C65H126O17P2/c1-7-9-11-13-14-23-31-37-43-49-64(69)81-60(53-75-62(67)47-41-33-12-10-8-2)55-79-83(71,72)77-51-59(66)52-78-84(73,74)80-56-61(82-65(70)50-44-38-32-27-22-18-16-20-25-29-35-40-46-58(5)6)54-76-63(68)48-42-36-30-26-21-17-15-19-24-28-34-39-45-57(3)4/h57-61,66H,7-56H2,1-6H3,(H,71,72)(H,73,74)/t59-,60+,61+/m0/s1. The fourth-order valence-corrected chi connectivity index (χ4v) is 11.3. The number of carbonyl (C=O) groups excluding carboxylic acids is 4. The summed E-state index contributed by atoms with van der Waals surface area (Å²) in [6.07, 6.45) is 40.7. The molecule has 0 aliphatic rings. The van der Waals surface area contributed by atoms with Crippen LogP contribution in [0.15, 0.2) is 0 Å². The van der Waals surface area contributed by atoms with Gasteiger partial charge in [-0.25, -0.2) is 9.13 Å². The molecule has 0 aromatic heterocycles. The molecule has 5 atom stereocenters. The fraction of sp³-hybridized carbons (Fsp3) is 0.938. The largest absolute Gasteiger partial charge is 0.472 e. The Kier molecular flexibility index (Phi) is 56.2. The summed E-state index contributed by atoms with van der Waals surface area (Å²) in [5, 5.41) is 10.5. The molecule has 0 fully saturated rings. The number of esters is 4. The van der Waals surface area contributed by atoms with Crippen LogP contribution in [0.3, 0.4) is 0 Å². The second-order valence-electron chi connectivity index (χ2n) is 24.5. The molecule has 0 aliphatic carbocycles. The van der Waals surface area contributed by atoms with Crippen molar-refractivity contribution in [2.75, 3.05) is 39.6 Å². The van der Waals surface area contributed by atoms with Gasteiger partial charge in [0, 0.05) is 25.7 Å². The van der Waals surface area contributed by atoms with E-state index in [2.05, 4.69) is 41.5 Å². The minimum Gasteiger partial charge on any atom is -0.462 e. The van der Waals surface area contributed by atoms with E-state index in [1.54, 1.807) is 0 Å². The number of rotatable bonds is 64. The molecular weight excluding hydrogens is 1110 g/mol. The minimum atomic E-state index is -4.95. The molecule has 0 aliphatic heterocycles. The average Bonchev–Trinajstić information content (AvgIpc) is 3.60. The van der Waals surface area contributed by atoms with Crippen LogP contribution in [0, 0.1) is 11.8 Å². The number of hydrogen-bond acceptors (Lipinski definition) is 15. The number of carbonyl (C=O) groups is 4. The molecule has 2 unspecified atom stereocenters. The van der Waals surface area contributed by atoms with Gasteiger partial charge in [-0.05, 0) is 37.5 Å². The molecule has 3 N–H and O–H groups in total. The Morgan fingerprint density at radius 2 is 0.548 bits per heavy atom. The van der Waals surface area contributed by atoms with Crippen molar-refractivity contribution in [3.05, 3.63) is 0 Å². The van der Waals surface area contributed by atoms with Gasteiger partial charge in [0.15, 0.2) is 12.2 Å². The van der Waals surface area contributed by atoms with E-state index < -0.39 is 97.5 Å². The van der Waals surface area contributed by atoms with Crippen LogP contribution in [0.25, 0.3) is 0 Å². The molecule has 0 bridgehead atoms. The van der Waals surface area contributed by atoms with E-state index in [1.807, 2.05) is 0 Å². The van der Waals surface area contributed by atoms with E-state index in [4.69, 9.17) is 37.0 Å². The topological polar surface area (TPSA) is 237 Å². The molecule has 0 aromatic rings. The quantitative estimate of drug-likeness (QED) is 0.0222. The lowest BCUT2D eigenvalue weighted by atomic mass is 10.0. The van der Waals surface area contributed by atoms with Crippen LogP contribution in [0.4, 0.5) is 0 Å². The zero-order valence-corrected chi connectivity index (χ0v) is 56.0. The molecule has 19 heteroatoms.